The van der Waals surface area contributed by atoms with Crippen LogP contribution in [-0.2, 0) is 0 Å². The average molecular weight is 231 g/mol. The molecule has 0 aromatic carbocycles. The normalized spacial score (nSPS) is 10.6. The number of halogens is 3. The summed E-state index contributed by atoms with van der Waals surface area (Å²) in [5.74, 6) is -0.981. The monoisotopic (exact) mass is 231 g/mol. The Morgan fingerprint density at radius 2 is 2.19 bits per heavy atom. The number of hydrogen-bond donors (Lipinski definition) is 1. The molecule has 0 aliphatic heterocycles. The molecule has 8 heteroatoms. The number of nitrogens with two attached hydrogens (primary N) is 1. The Morgan fingerprint density at radius 1 is 1.56 bits per heavy atom. The van der Waals surface area contributed by atoms with Gasteiger partial charge in [0, 0.05) is 0 Å². The van der Waals surface area contributed by atoms with Gasteiger partial charge in [-0.15, -0.1) is 13.2 Å². The molecule has 0 unspecified atom stereocenters. The highest BCUT2D eigenvalue weighted by Crippen LogP contribution is 2.30. The second-order valence-corrected chi connectivity index (χ2v) is 2.58. The Morgan fingerprint density at radius 3 is 2.62 bits per heavy atom. The van der Waals surface area contributed by atoms with Crippen molar-refractivity contribution in [2.24, 2.45) is 0 Å². The molecule has 0 aliphatic carbocycles. The van der Waals surface area contributed by atoms with E-state index in [4.69, 9.17) is 11.0 Å². The minimum atomic E-state index is -5.03. The summed E-state index contributed by atoms with van der Waals surface area (Å²) in [4.78, 5) is 13.8. The number of alkyl halides is 3. The number of carbonyl (C=O) groups excluding carboxylic acids is 1. The standard InChI is InChI=1S/C8H4F3N3O2/c9-8(10,11)16-7-4(1-12)5(13)2-14-6(7)3-15/h2-3H,13H2. The molecular weight excluding hydrogens is 227 g/mol. The van der Waals surface area contributed by atoms with E-state index in [1.807, 2.05) is 0 Å². The third kappa shape index (κ3) is 2.38. The van der Waals surface area contributed by atoms with Gasteiger partial charge in [-0.3, -0.25) is 4.79 Å². The van der Waals surface area contributed by atoms with Crippen molar-refractivity contribution in [3.8, 4) is 11.8 Å². The first kappa shape index (κ1) is 11.8. The topological polar surface area (TPSA) is 89.0 Å². The highest BCUT2D eigenvalue weighted by molar-refractivity contribution is 5.80. The van der Waals surface area contributed by atoms with Crippen LogP contribution in [0.15, 0.2) is 6.20 Å². The molecule has 0 amide bonds. The number of nitrogens with zero attached hydrogens (tertiary/aromatic N) is 2. The lowest BCUT2D eigenvalue weighted by molar-refractivity contribution is -0.274. The largest absolute Gasteiger partial charge is 0.573 e. The van der Waals surface area contributed by atoms with Gasteiger partial charge in [-0.2, -0.15) is 5.26 Å². The van der Waals surface area contributed by atoms with Crippen molar-refractivity contribution in [3.05, 3.63) is 17.5 Å². The molecule has 2 N–H and O–H groups in total. The molecule has 0 bridgehead atoms. The number of aromatic nitrogens is 1. The van der Waals surface area contributed by atoms with E-state index in [0.29, 0.717) is 0 Å². The summed E-state index contributed by atoms with van der Waals surface area (Å²) < 4.78 is 39.5. The molecule has 0 spiro atoms. The molecule has 1 heterocycles. The first-order valence-electron chi connectivity index (χ1n) is 3.78. The van der Waals surface area contributed by atoms with Crippen LogP contribution >= 0.6 is 0 Å². The van der Waals surface area contributed by atoms with Gasteiger partial charge in [-0.25, -0.2) is 4.98 Å². The van der Waals surface area contributed by atoms with Gasteiger partial charge in [0.25, 0.3) is 0 Å². The van der Waals surface area contributed by atoms with Crippen molar-refractivity contribution in [2.75, 3.05) is 5.73 Å². The lowest BCUT2D eigenvalue weighted by Gasteiger charge is -2.12. The van der Waals surface area contributed by atoms with Gasteiger partial charge in [0.2, 0.25) is 0 Å². The smallest absolute Gasteiger partial charge is 0.402 e. The van der Waals surface area contributed by atoms with Crippen molar-refractivity contribution in [2.45, 2.75) is 6.36 Å². The Bertz CT molecular complexity index is 465. The minimum Gasteiger partial charge on any atom is -0.402 e. The van der Waals surface area contributed by atoms with Crippen LogP contribution < -0.4 is 10.5 Å². The van der Waals surface area contributed by atoms with E-state index in [2.05, 4.69) is 9.72 Å². The third-order valence-corrected chi connectivity index (χ3v) is 1.53. The van der Waals surface area contributed by atoms with E-state index in [0.717, 1.165) is 6.20 Å². The fourth-order valence-corrected chi connectivity index (χ4v) is 0.940. The van der Waals surface area contributed by atoms with Crippen molar-refractivity contribution in [1.82, 2.24) is 4.98 Å². The number of nitrogen functional groups attached to an aromatic ring is 1. The molecule has 1 aromatic heterocycles. The highest BCUT2D eigenvalue weighted by atomic mass is 19.4. The van der Waals surface area contributed by atoms with E-state index in [9.17, 15) is 18.0 Å². The highest BCUT2D eigenvalue weighted by Gasteiger charge is 2.34. The number of aldehydes is 1. The zero-order valence-electron chi connectivity index (χ0n) is 7.58. The fourth-order valence-electron chi connectivity index (χ4n) is 0.940. The second kappa shape index (κ2) is 4.06. The minimum absolute atomic E-state index is 0.0430. The predicted molar refractivity (Wildman–Crippen MR) is 45.4 cm³/mol. The summed E-state index contributed by atoms with van der Waals surface area (Å²) in [5.41, 5.74) is 3.72. The maximum absolute atomic E-state index is 12.0. The van der Waals surface area contributed by atoms with E-state index in [1.54, 1.807) is 0 Å². The van der Waals surface area contributed by atoms with Crippen molar-refractivity contribution < 1.29 is 22.7 Å². The van der Waals surface area contributed by atoms with E-state index >= 15 is 0 Å². The summed E-state index contributed by atoms with van der Waals surface area (Å²) >= 11 is 0. The number of pyridine rings is 1. The van der Waals surface area contributed by atoms with Gasteiger partial charge in [0.15, 0.2) is 12.0 Å². The zero-order chi connectivity index (χ0) is 12.3. The molecule has 0 saturated carbocycles. The average Bonchev–Trinajstić information content (AvgIpc) is 2.16. The Balaban J connectivity index is 3.38. The van der Waals surface area contributed by atoms with E-state index in [-0.39, 0.29) is 12.0 Å². The molecule has 0 fully saturated rings. The number of rotatable bonds is 2. The quantitative estimate of drug-likeness (QED) is 0.773. The molecular formula is C8H4F3N3O2. The summed E-state index contributed by atoms with van der Waals surface area (Å²) in [5, 5.41) is 8.60. The van der Waals surface area contributed by atoms with Crippen LogP contribution in [0.5, 0.6) is 5.75 Å². The van der Waals surface area contributed by atoms with Crippen molar-refractivity contribution in [3.63, 3.8) is 0 Å². The number of carbonyl (C=O) groups is 1. The van der Waals surface area contributed by atoms with Crippen LogP contribution in [0.4, 0.5) is 18.9 Å². The summed E-state index contributed by atoms with van der Waals surface area (Å²) in [7, 11) is 0. The molecule has 1 aromatic rings. The van der Waals surface area contributed by atoms with E-state index in [1.165, 1.54) is 6.07 Å². The van der Waals surface area contributed by atoms with Crippen LogP contribution in [-0.4, -0.2) is 17.6 Å². The first-order valence-corrected chi connectivity index (χ1v) is 3.78. The van der Waals surface area contributed by atoms with Gasteiger partial charge in [-0.05, 0) is 0 Å². The predicted octanol–water partition coefficient (Wildman–Crippen LogP) is 1.25. The van der Waals surface area contributed by atoms with E-state index < -0.39 is 23.4 Å². The fraction of sp³-hybridized carbons (Fsp3) is 0.125. The summed E-state index contributed by atoms with van der Waals surface area (Å²) in [6.45, 7) is 0. The number of ether oxygens (including phenoxy) is 1. The molecule has 16 heavy (non-hydrogen) atoms. The maximum atomic E-state index is 12.0. The summed E-state index contributed by atoms with van der Waals surface area (Å²) in [6, 6.07) is 1.41. The maximum Gasteiger partial charge on any atom is 0.573 e. The van der Waals surface area contributed by atoms with Crippen LogP contribution in [0.1, 0.15) is 16.1 Å². The first-order chi connectivity index (χ1) is 7.39. The second-order valence-electron chi connectivity index (χ2n) is 2.58. The third-order valence-electron chi connectivity index (χ3n) is 1.53. The van der Waals surface area contributed by atoms with Crippen LogP contribution in [0.3, 0.4) is 0 Å². The van der Waals surface area contributed by atoms with Crippen molar-refractivity contribution >= 4 is 12.0 Å². The molecule has 5 nitrogen and oxygen atoms in total. The molecule has 1 rings (SSSR count). The Kier molecular flexibility index (Phi) is 2.99. The van der Waals surface area contributed by atoms with Crippen LogP contribution in [0, 0.1) is 11.3 Å². The van der Waals surface area contributed by atoms with Gasteiger partial charge in [-0.1, -0.05) is 0 Å². The number of nitriles is 1. The van der Waals surface area contributed by atoms with Crippen molar-refractivity contribution in [1.29, 1.82) is 5.26 Å². The summed E-state index contributed by atoms with van der Waals surface area (Å²) in [6.07, 6.45) is -4.08. The van der Waals surface area contributed by atoms with Gasteiger partial charge in [0.1, 0.15) is 17.3 Å². The number of anilines is 1. The lowest BCUT2D eigenvalue weighted by atomic mass is 10.2. The van der Waals surface area contributed by atoms with Crippen LogP contribution in [0.25, 0.3) is 0 Å². The van der Waals surface area contributed by atoms with Gasteiger partial charge >= 0.3 is 6.36 Å². The molecule has 0 saturated heterocycles. The SMILES string of the molecule is N#Cc1c(N)cnc(C=O)c1OC(F)(F)F. The molecule has 0 aliphatic rings. The number of hydrogen-bond acceptors (Lipinski definition) is 5. The Labute approximate surface area is 87.3 Å². The molecule has 0 radical (unpaired) electrons. The molecule has 0 atom stereocenters. The lowest BCUT2D eigenvalue weighted by Crippen LogP contribution is -2.19. The van der Waals surface area contributed by atoms with Crippen LogP contribution in [0.2, 0.25) is 0 Å². The van der Waals surface area contributed by atoms with Gasteiger partial charge < -0.3 is 10.5 Å². The zero-order valence-corrected chi connectivity index (χ0v) is 7.58. The van der Waals surface area contributed by atoms with Gasteiger partial charge in [0.05, 0.1) is 11.9 Å². The molecule has 84 valence electrons. The Hall–Kier alpha value is -2.30.